The van der Waals surface area contributed by atoms with Gasteiger partial charge in [-0.05, 0) is 95.7 Å². The Morgan fingerprint density at radius 2 is 1.52 bits per heavy atom. The standard InChI is InChI=1S/C30H50O3/c1-17(2)19-15-21(32)25-28(19,6)13-14-29(7)24-18(9-12-30(25,29)8)27(5)11-10-23(33)26(3,4)22(27)16-20(24)31/h9,17,19-25,31-33H,10-16H2,1-8H3/t19-,20-,21-,22-,23+,24+,25-,27-,28-,29-,30+/m1/s1. The van der Waals surface area contributed by atoms with Crippen molar-refractivity contribution in [2.75, 3.05) is 0 Å². The summed E-state index contributed by atoms with van der Waals surface area (Å²) in [5.41, 5.74) is 1.51. The molecule has 0 aromatic carbocycles. The Balaban J connectivity index is 1.61. The van der Waals surface area contributed by atoms with E-state index < -0.39 is 0 Å². The molecule has 0 amide bonds. The van der Waals surface area contributed by atoms with Crippen molar-refractivity contribution in [1.82, 2.24) is 0 Å². The van der Waals surface area contributed by atoms with Crippen LogP contribution < -0.4 is 0 Å². The molecular formula is C30H50O3. The van der Waals surface area contributed by atoms with E-state index in [4.69, 9.17) is 0 Å². The Morgan fingerprint density at radius 1 is 0.848 bits per heavy atom. The molecule has 3 N–H and O–H groups in total. The van der Waals surface area contributed by atoms with E-state index in [1.807, 2.05) is 0 Å². The summed E-state index contributed by atoms with van der Waals surface area (Å²) in [6.45, 7) is 19.0. The van der Waals surface area contributed by atoms with Crippen LogP contribution in [0.1, 0.15) is 100 Å². The van der Waals surface area contributed by atoms with E-state index in [-0.39, 0.29) is 57.2 Å². The molecule has 0 heterocycles. The lowest BCUT2D eigenvalue weighted by Gasteiger charge is -2.70. The Morgan fingerprint density at radius 3 is 2.15 bits per heavy atom. The normalized spacial score (nSPS) is 57.6. The number of rotatable bonds is 1. The molecule has 33 heavy (non-hydrogen) atoms. The summed E-state index contributed by atoms with van der Waals surface area (Å²) in [5.74, 6) is 1.92. The predicted octanol–water partition coefficient (Wildman–Crippen LogP) is 5.97. The maximum Gasteiger partial charge on any atom is 0.0614 e. The predicted molar refractivity (Wildman–Crippen MR) is 133 cm³/mol. The molecule has 11 atom stereocenters. The van der Waals surface area contributed by atoms with Crippen LogP contribution in [-0.2, 0) is 0 Å². The quantitative estimate of drug-likeness (QED) is 0.425. The third kappa shape index (κ3) is 2.80. The molecule has 5 rings (SSSR count). The molecule has 0 aliphatic heterocycles. The molecule has 0 bridgehead atoms. The number of allylic oxidation sites excluding steroid dienone is 1. The highest BCUT2D eigenvalue weighted by Crippen LogP contribution is 2.76. The van der Waals surface area contributed by atoms with Gasteiger partial charge in [-0.15, -0.1) is 0 Å². The Labute approximate surface area is 202 Å². The molecule has 0 radical (unpaired) electrons. The first-order chi connectivity index (χ1) is 15.1. The molecule has 3 heteroatoms. The van der Waals surface area contributed by atoms with Crippen molar-refractivity contribution in [2.24, 2.45) is 56.7 Å². The van der Waals surface area contributed by atoms with E-state index in [1.165, 1.54) is 5.57 Å². The van der Waals surface area contributed by atoms with Gasteiger partial charge in [0.2, 0.25) is 0 Å². The van der Waals surface area contributed by atoms with Crippen LogP contribution >= 0.6 is 0 Å². The van der Waals surface area contributed by atoms with Crippen molar-refractivity contribution in [3.63, 3.8) is 0 Å². The number of aliphatic hydroxyl groups is 3. The van der Waals surface area contributed by atoms with E-state index in [2.05, 4.69) is 61.5 Å². The third-order valence-electron chi connectivity index (χ3n) is 13.2. The second-order valence-electron chi connectivity index (χ2n) is 15.0. The van der Waals surface area contributed by atoms with E-state index in [1.54, 1.807) is 0 Å². The van der Waals surface area contributed by atoms with E-state index in [9.17, 15) is 15.3 Å². The lowest BCUT2D eigenvalue weighted by atomic mass is 9.35. The van der Waals surface area contributed by atoms with Crippen LogP contribution in [-0.4, -0.2) is 33.6 Å². The van der Waals surface area contributed by atoms with Crippen LogP contribution in [0.25, 0.3) is 0 Å². The SMILES string of the molecule is CC(C)[C@H]1C[C@@H](O)[C@@H]2[C@]1(C)CC[C@]1(C)[C@H]3C(=CC[C@@]21C)[C@@]1(C)CC[C@H](O)C(C)(C)[C@H]1C[C@H]3O. The molecular weight excluding hydrogens is 408 g/mol. The van der Waals surface area contributed by atoms with Crippen molar-refractivity contribution in [1.29, 1.82) is 0 Å². The highest BCUT2D eigenvalue weighted by molar-refractivity contribution is 5.35. The molecule has 0 saturated heterocycles. The summed E-state index contributed by atoms with van der Waals surface area (Å²) < 4.78 is 0. The van der Waals surface area contributed by atoms with Crippen LogP contribution in [0.15, 0.2) is 11.6 Å². The minimum atomic E-state index is -0.368. The molecule has 0 aromatic rings. The van der Waals surface area contributed by atoms with Gasteiger partial charge in [-0.3, -0.25) is 0 Å². The summed E-state index contributed by atoms with van der Waals surface area (Å²) in [6.07, 6.45) is 8.51. The number of aliphatic hydroxyl groups excluding tert-OH is 3. The first-order valence-corrected chi connectivity index (χ1v) is 13.9. The fraction of sp³-hybridized carbons (Fsp3) is 0.933. The van der Waals surface area contributed by atoms with Crippen molar-refractivity contribution in [3.05, 3.63) is 11.6 Å². The zero-order valence-electron chi connectivity index (χ0n) is 22.5. The Hall–Kier alpha value is -0.380. The van der Waals surface area contributed by atoms with Crippen molar-refractivity contribution < 1.29 is 15.3 Å². The monoisotopic (exact) mass is 458 g/mol. The minimum absolute atomic E-state index is 0.00883. The molecule has 5 aliphatic rings. The average Bonchev–Trinajstić information content (AvgIpc) is 3.00. The molecule has 3 nitrogen and oxygen atoms in total. The maximum atomic E-state index is 11.8. The summed E-state index contributed by atoms with van der Waals surface area (Å²) in [5, 5.41) is 34.2. The molecule has 0 aromatic heterocycles. The lowest BCUT2D eigenvalue weighted by molar-refractivity contribution is -0.202. The van der Waals surface area contributed by atoms with Gasteiger partial charge >= 0.3 is 0 Å². The lowest BCUT2D eigenvalue weighted by Crippen LogP contribution is -2.66. The Kier molecular flexibility index (Phi) is 5.23. The molecule has 0 unspecified atom stereocenters. The van der Waals surface area contributed by atoms with Gasteiger partial charge in [-0.1, -0.05) is 67.0 Å². The topological polar surface area (TPSA) is 60.7 Å². The second kappa shape index (κ2) is 7.10. The number of fused-ring (bicyclic) bond motifs is 7. The van der Waals surface area contributed by atoms with Crippen molar-refractivity contribution >= 4 is 0 Å². The smallest absolute Gasteiger partial charge is 0.0614 e. The van der Waals surface area contributed by atoms with Crippen LogP contribution in [0.3, 0.4) is 0 Å². The van der Waals surface area contributed by atoms with Gasteiger partial charge < -0.3 is 15.3 Å². The summed E-state index contributed by atoms with van der Waals surface area (Å²) in [6, 6.07) is 0. The highest BCUT2D eigenvalue weighted by atomic mass is 16.3. The summed E-state index contributed by atoms with van der Waals surface area (Å²) >= 11 is 0. The van der Waals surface area contributed by atoms with Crippen LogP contribution in [0.5, 0.6) is 0 Å². The average molecular weight is 459 g/mol. The van der Waals surface area contributed by atoms with Gasteiger partial charge in [0.15, 0.2) is 0 Å². The van der Waals surface area contributed by atoms with Crippen LogP contribution in [0.4, 0.5) is 0 Å². The molecule has 4 saturated carbocycles. The Bertz CT molecular complexity index is 845. The summed E-state index contributed by atoms with van der Waals surface area (Å²) in [4.78, 5) is 0. The van der Waals surface area contributed by atoms with Gasteiger partial charge in [0.05, 0.1) is 18.3 Å². The maximum absolute atomic E-state index is 11.8. The zero-order chi connectivity index (χ0) is 24.4. The molecule has 5 aliphatic carbocycles. The summed E-state index contributed by atoms with van der Waals surface area (Å²) in [7, 11) is 0. The van der Waals surface area contributed by atoms with E-state index >= 15 is 0 Å². The van der Waals surface area contributed by atoms with Gasteiger partial charge in [0.25, 0.3) is 0 Å². The first-order valence-electron chi connectivity index (χ1n) is 13.9. The fourth-order valence-electron chi connectivity index (χ4n) is 11.2. The first kappa shape index (κ1) is 24.3. The van der Waals surface area contributed by atoms with Gasteiger partial charge in [-0.25, -0.2) is 0 Å². The van der Waals surface area contributed by atoms with E-state index in [0.29, 0.717) is 17.8 Å². The van der Waals surface area contributed by atoms with Crippen LogP contribution in [0.2, 0.25) is 0 Å². The zero-order valence-corrected chi connectivity index (χ0v) is 22.5. The third-order valence-corrected chi connectivity index (χ3v) is 13.2. The molecule has 4 fully saturated rings. The number of hydrogen-bond donors (Lipinski definition) is 3. The molecule has 0 spiro atoms. The van der Waals surface area contributed by atoms with Crippen molar-refractivity contribution in [3.8, 4) is 0 Å². The highest BCUT2D eigenvalue weighted by Gasteiger charge is 2.71. The van der Waals surface area contributed by atoms with Gasteiger partial charge in [0, 0.05) is 5.92 Å². The fourth-order valence-corrected chi connectivity index (χ4v) is 11.2. The van der Waals surface area contributed by atoms with Gasteiger partial charge in [-0.2, -0.15) is 0 Å². The van der Waals surface area contributed by atoms with Crippen LogP contribution in [0, 0.1) is 56.7 Å². The second-order valence-corrected chi connectivity index (χ2v) is 15.0. The largest absolute Gasteiger partial charge is 0.393 e. The van der Waals surface area contributed by atoms with E-state index in [0.717, 1.165) is 44.9 Å². The van der Waals surface area contributed by atoms with Crippen molar-refractivity contribution in [2.45, 2.75) is 119 Å². The molecule has 188 valence electrons. The number of hydrogen-bond acceptors (Lipinski definition) is 3. The van der Waals surface area contributed by atoms with Gasteiger partial charge in [0.1, 0.15) is 0 Å². The minimum Gasteiger partial charge on any atom is -0.393 e.